The summed E-state index contributed by atoms with van der Waals surface area (Å²) in [4.78, 5) is 2.26. The van der Waals surface area contributed by atoms with Crippen LogP contribution in [0, 0.1) is 0 Å². The summed E-state index contributed by atoms with van der Waals surface area (Å²) < 4.78 is 5.78. The van der Waals surface area contributed by atoms with Crippen molar-refractivity contribution in [3.63, 3.8) is 0 Å². The van der Waals surface area contributed by atoms with E-state index in [1.54, 1.807) is 6.07 Å². The minimum Gasteiger partial charge on any atom is -0.457 e. The van der Waals surface area contributed by atoms with Crippen LogP contribution in [0.25, 0.3) is 0 Å². The first-order chi connectivity index (χ1) is 10.3. The van der Waals surface area contributed by atoms with E-state index in [1.807, 2.05) is 30.3 Å². The Morgan fingerprint density at radius 2 is 1.86 bits per heavy atom. The lowest BCUT2D eigenvalue weighted by atomic mass is 10.2. The molecular formula is C18H16ClNO. The summed E-state index contributed by atoms with van der Waals surface area (Å²) in [5.41, 5.74) is 1.26. The van der Waals surface area contributed by atoms with Crippen molar-refractivity contribution in [3.05, 3.63) is 83.5 Å². The van der Waals surface area contributed by atoms with Crippen LogP contribution in [0.1, 0.15) is 5.56 Å². The van der Waals surface area contributed by atoms with E-state index < -0.39 is 0 Å². The average molecular weight is 298 g/mol. The SMILES string of the molecule is Clc1cccc(Oc2ccc(CN3C=CC=CC3)cc2)c1. The van der Waals surface area contributed by atoms with Gasteiger partial charge < -0.3 is 9.64 Å². The van der Waals surface area contributed by atoms with Crippen LogP contribution in [0.15, 0.2) is 73.0 Å². The Hall–Kier alpha value is -2.19. The fraction of sp³-hybridized carbons (Fsp3) is 0.111. The van der Waals surface area contributed by atoms with Crippen LogP contribution >= 0.6 is 11.6 Å². The normalized spacial score (nSPS) is 13.5. The largest absolute Gasteiger partial charge is 0.457 e. The van der Waals surface area contributed by atoms with Gasteiger partial charge in [0.1, 0.15) is 11.5 Å². The van der Waals surface area contributed by atoms with Gasteiger partial charge in [0, 0.05) is 18.1 Å². The lowest BCUT2D eigenvalue weighted by Gasteiger charge is -2.20. The lowest BCUT2D eigenvalue weighted by molar-refractivity contribution is 0.405. The first-order valence-corrected chi connectivity index (χ1v) is 7.27. The summed E-state index contributed by atoms with van der Waals surface area (Å²) in [7, 11) is 0. The van der Waals surface area contributed by atoms with Crippen LogP contribution in [0.5, 0.6) is 11.5 Å². The van der Waals surface area contributed by atoms with Crippen LogP contribution in [0.4, 0.5) is 0 Å². The smallest absolute Gasteiger partial charge is 0.128 e. The minimum absolute atomic E-state index is 0.675. The topological polar surface area (TPSA) is 12.5 Å². The molecule has 0 fully saturated rings. The van der Waals surface area contributed by atoms with Crippen molar-refractivity contribution in [1.29, 1.82) is 0 Å². The van der Waals surface area contributed by atoms with Crippen molar-refractivity contribution >= 4 is 11.6 Å². The molecule has 0 aromatic heterocycles. The molecule has 0 atom stereocenters. The van der Waals surface area contributed by atoms with Gasteiger partial charge >= 0.3 is 0 Å². The molecule has 2 aromatic rings. The van der Waals surface area contributed by atoms with E-state index in [0.29, 0.717) is 5.02 Å². The Morgan fingerprint density at radius 3 is 2.57 bits per heavy atom. The molecule has 0 aliphatic carbocycles. The van der Waals surface area contributed by atoms with Crippen molar-refractivity contribution in [2.75, 3.05) is 6.54 Å². The lowest BCUT2D eigenvalue weighted by Crippen LogP contribution is -2.17. The number of rotatable bonds is 4. The number of halogens is 1. The fourth-order valence-electron chi connectivity index (χ4n) is 2.19. The molecule has 0 saturated carbocycles. The molecule has 0 N–H and O–H groups in total. The van der Waals surface area contributed by atoms with Crippen LogP contribution in [0.2, 0.25) is 5.02 Å². The first kappa shape index (κ1) is 13.8. The van der Waals surface area contributed by atoms with Gasteiger partial charge in [-0.15, -0.1) is 0 Å². The van der Waals surface area contributed by atoms with E-state index in [0.717, 1.165) is 24.6 Å². The molecule has 0 spiro atoms. The molecule has 0 unspecified atom stereocenters. The van der Waals surface area contributed by atoms with Crippen LogP contribution in [-0.4, -0.2) is 11.4 Å². The van der Waals surface area contributed by atoms with Gasteiger partial charge in [-0.1, -0.05) is 42.0 Å². The number of allylic oxidation sites excluding steroid dienone is 2. The summed E-state index contributed by atoms with van der Waals surface area (Å²) >= 11 is 5.95. The molecule has 2 aromatic carbocycles. The van der Waals surface area contributed by atoms with Crippen LogP contribution in [-0.2, 0) is 6.54 Å². The summed E-state index contributed by atoms with van der Waals surface area (Å²) in [6, 6.07) is 15.6. The van der Waals surface area contributed by atoms with Gasteiger partial charge in [0.15, 0.2) is 0 Å². The molecular weight excluding hydrogens is 282 g/mol. The molecule has 0 saturated heterocycles. The molecule has 3 heteroatoms. The number of ether oxygens (including phenoxy) is 1. The number of nitrogens with zero attached hydrogens (tertiary/aromatic N) is 1. The van der Waals surface area contributed by atoms with Crippen molar-refractivity contribution in [1.82, 2.24) is 4.90 Å². The molecule has 0 amide bonds. The van der Waals surface area contributed by atoms with E-state index in [9.17, 15) is 0 Å². The molecule has 2 nitrogen and oxygen atoms in total. The molecule has 0 radical (unpaired) electrons. The third kappa shape index (κ3) is 3.89. The van der Waals surface area contributed by atoms with Gasteiger partial charge in [-0.2, -0.15) is 0 Å². The summed E-state index contributed by atoms with van der Waals surface area (Å²) in [5, 5.41) is 0.675. The fourth-order valence-corrected chi connectivity index (χ4v) is 2.37. The zero-order chi connectivity index (χ0) is 14.5. The molecule has 1 aliphatic heterocycles. The highest BCUT2D eigenvalue weighted by molar-refractivity contribution is 6.30. The summed E-state index contributed by atoms with van der Waals surface area (Å²) in [6.45, 7) is 1.86. The van der Waals surface area contributed by atoms with Crippen molar-refractivity contribution < 1.29 is 4.74 Å². The second-order valence-corrected chi connectivity index (χ2v) is 5.34. The number of benzene rings is 2. The van der Waals surface area contributed by atoms with Gasteiger partial charge in [0.05, 0.1) is 0 Å². The van der Waals surface area contributed by atoms with E-state index in [1.165, 1.54) is 5.56 Å². The predicted molar refractivity (Wildman–Crippen MR) is 86.7 cm³/mol. The van der Waals surface area contributed by atoms with Gasteiger partial charge in [0.25, 0.3) is 0 Å². The zero-order valence-electron chi connectivity index (χ0n) is 11.6. The maximum atomic E-state index is 5.95. The molecule has 3 rings (SSSR count). The van der Waals surface area contributed by atoms with Gasteiger partial charge in [0.2, 0.25) is 0 Å². The second-order valence-electron chi connectivity index (χ2n) is 4.90. The first-order valence-electron chi connectivity index (χ1n) is 6.89. The Labute approximate surface area is 129 Å². The molecule has 1 aliphatic rings. The van der Waals surface area contributed by atoms with Gasteiger partial charge in [-0.25, -0.2) is 0 Å². The van der Waals surface area contributed by atoms with Crippen LogP contribution in [0.3, 0.4) is 0 Å². The summed E-state index contributed by atoms with van der Waals surface area (Å²) in [6.07, 6.45) is 8.38. The number of hydrogen-bond acceptors (Lipinski definition) is 2. The molecule has 0 bridgehead atoms. The van der Waals surface area contributed by atoms with Crippen molar-refractivity contribution in [2.45, 2.75) is 6.54 Å². The zero-order valence-corrected chi connectivity index (χ0v) is 12.3. The quantitative estimate of drug-likeness (QED) is 0.786. The Balaban J connectivity index is 1.64. The highest BCUT2D eigenvalue weighted by Gasteiger charge is 2.03. The van der Waals surface area contributed by atoms with Crippen molar-refractivity contribution in [3.8, 4) is 11.5 Å². The van der Waals surface area contributed by atoms with Gasteiger partial charge in [-0.05, 0) is 48.2 Å². The van der Waals surface area contributed by atoms with E-state index in [4.69, 9.17) is 16.3 Å². The molecule has 106 valence electrons. The Morgan fingerprint density at radius 1 is 1.00 bits per heavy atom. The average Bonchev–Trinajstić information content (AvgIpc) is 2.50. The van der Waals surface area contributed by atoms with E-state index in [2.05, 4.69) is 41.5 Å². The third-order valence-electron chi connectivity index (χ3n) is 3.22. The summed E-state index contributed by atoms with van der Waals surface area (Å²) in [5.74, 6) is 1.56. The minimum atomic E-state index is 0.675. The molecule has 1 heterocycles. The van der Waals surface area contributed by atoms with E-state index >= 15 is 0 Å². The Kier molecular flexibility index (Phi) is 4.27. The second kappa shape index (κ2) is 6.51. The monoisotopic (exact) mass is 297 g/mol. The standard InChI is InChI=1S/C18H16ClNO/c19-16-5-4-6-18(13-16)21-17-9-7-15(8-10-17)14-20-11-2-1-3-12-20/h1-11,13H,12,14H2. The third-order valence-corrected chi connectivity index (χ3v) is 3.46. The van der Waals surface area contributed by atoms with Crippen LogP contribution < -0.4 is 4.74 Å². The highest BCUT2D eigenvalue weighted by atomic mass is 35.5. The van der Waals surface area contributed by atoms with E-state index in [-0.39, 0.29) is 0 Å². The Bertz CT molecular complexity index is 661. The van der Waals surface area contributed by atoms with Gasteiger partial charge in [-0.3, -0.25) is 0 Å². The highest BCUT2D eigenvalue weighted by Crippen LogP contribution is 2.24. The van der Waals surface area contributed by atoms with Crippen molar-refractivity contribution in [2.24, 2.45) is 0 Å². The maximum absolute atomic E-state index is 5.95. The maximum Gasteiger partial charge on any atom is 0.128 e. The number of hydrogen-bond donors (Lipinski definition) is 0. The predicted octanol–water partition coefficient (Wildman–Crippen LogP) is 5.02. The molecule has 21 heavy (non-hydrogen) atoms.